The smallest absolute Gasteiger partial charge is 0.271 e. The molecule has 1 aromatic heterocycles. The van der Waals surface area contributed by atoms with E-state index in [1.807, 2.05) is 6.07 Å². The number of aromatic hydroxyl groups is 2. The minimum atomic E-state index is -0.660. The zero-order valence-electron chi connectivity index (χ0n) is 18.9. The zero-order valence-corrected chi connectivity index (χ0v) is 18.9. The zero-order chi connectivity index (χ0) is 25.3. The molecule has 35 heavy (non-hydrogen) atoms. The van der Waals surface area contributed by atoms with E-state index in [1.54, 1.807) is 0 Å². The van der Waals surface area contributed by atoms with Gasteiger partial charge in [-0.1, -0.05) is 24.3 Å². The lowest BCUT2D eigenvalue weighted by molar-refractivity contribution is 0.0977. The molecule has 0 atom stereocenters. The second kappa shape index (κ2) is 9.32. The Bertz CT molecular complexity index is 1510. The van der Waals surface area contributed by atoms with Crippen molar-refractivity contribution < 1.29 is 24.5 Å². The van der Waals surface area contributed by atoms with Crippen LogP contribution < -0.4 is 5.56 Å². The number of nitriles is 1. The fourth-order valence-corrected chi connectivity index (χ4v) is 4.02. The van der Waals surface area contributed by atoms with Gasteiger partial charge >= 0.3 is 0 Å². The highest BCUT2D eigenvalue weighted by atomic mass is 16.5. The Morgan fingerprint density at radius 3 is 2.34 bits per heavy atom. The van der Waals surface area contributed by atoms with E-state index >= 15 is 0 Å². The summed E-state index contributed by atoms with van der Waals surface area (Å²) in [5, 5.41) is 38.6. The first kappa shape index (κ1) is 23.5. The Labute approximate surface area is 199 Å². The van der Waals surface area contributed by atoms with Crippen molar-refractivity contribution in [3.05, 3.63) is 80.1 Å². The van der Waals surface area contributed by atoms with E-state index in [2.05, 4.69) is 10.2 Å². The number of carbonyl (C=O) groups is 2. The summed E-state index contributed by atoms with van der Waals surface area (Å²) in [4.78, 5) is 38.8. The Morgan fingerprint density at radius 1 is 1.00 bits per heavy atom. The third-order valence-corrected chi connectivity index (χ3v) is 5.78. The van der Waals surface area contributed by atoms with Crippen LogP contribution in [0, 0.1) is 18.3 Å². The fourth-order valence-electron chi connectivity index (χ4n) is 4.02. The van der Waals surface area contributed by atoms with Gasteiger partial charge in [-0.25, -0.2) is 0 Å². The van der Waals surface area contributed by atoms with Gasteiger partial charge in [0.15, 0.2) is 17.3 Å². The molecule has 3 aromatic rings. The van der Waals surface area contributed by atoms with E-state index < -0.39 is 23.0 Å². The molecule has 2 aromatic carbocycles. The maximum atomic E-state index is 13.2. The Balaban J connectivity index is 1.84. The molecule has 4 rings (SSSR count). The summed E-state index contributed by atoms with van der Waals surface area (Å²) in [6.45, 7) is 1.88. The number of phenolic OH excluding ortho intramolecular Hbond substituents is 1. The van der Waals surface area contributed by atoms with E-state index in [0.717, 1.165) is 4.57 Å². The van der Waals surface area contributed by atoms with Crippen molar-refractivity contribution in [3.8, 4) is 17.7 Å². The van der Waals surface area contributed by atoms with Gasteiger partial charge in [0.1, 0.15) is 17.4 Å². The lowest BCUT2D eigenvalue weighted by Crippen LogP contribution is -2.24. The molecule has 0 unspecified atom stereocenters. The number of rotatable bonds is 6. The van der Waals surface area contributed by atoms with Crippen LogP contribution >= 0.6 is 0 Å². The molecule has 1 aliphatic rings. The van der Waals surface area contributed by atoms with E-state index in [4.69, 9.17) is 4.74 Å². The number of phenols is 1. The predicted octanol–water partition coefficient (Wildman–Crippen LogP) is 3.67. The summed E-state index contributed by atoms with van der Waals surface area (Å²) >= 11 is 0. The Hall–Kier alpha value is -4.62. The number of azo groups is 1. The van der Waals surface area contributed by atoms with Crippen molar-refractivity contribution in [1.29, 1.82) is 5.26 Å². The summed E-state index contributed by atoms with van der Waals surface area (Å²) < 4.78 is 6.00. The van der Waals surface area contributed by atoms with Crippen LogP contribution in [0.25, 0.3) is 0 Å². The minimum Gasteiger partial charge on any atom is -0.507 e. The maximum absolute atomic E-state index is 13.2. The van der Waals surface area contributed by atoms with Gasteiger partial charge in [0.05, 0.1) is 16.8 Å². The molecule has 0 radical (unpaired) electrons. The lowest BCUT2D eigenvalue weighted by Gasteiger charge is -2.19. The van der Waals surface area contributed by atoms with Gasteiger partial charge in [0.2, 0.25) is 5.88 Å². The van der Waals surface area contributed by atoms with Gasteiger partial charge in [-0.15, -0.1) is 10.2 Å². The van der Waals surface area contributed by atoms with Gasteiger partial charge in [-0.2, -0.15) is 5.26 Å². The second-order valence-corrected chi connectivity index (χ2v) is 7.84. The van der Waals surface area contributed by atoms with Crippen molar-refractivity contribution in [1.82, 2.24) is 4.57 Å². The second-order valence-electron chi connectivity index (χ2n) is 7.84. The normalized spacial score (nSPS) is 12.5. The van der Waals surface area contributed by atoms with Crippen molar-refractivity contribution in [2.45, 2.75) is 19.9 Å². The molecule has 176 valence electrons. The molecule has 0 saturated heterocycles. The number of hydrogen-bond acceptors (Lipinski definition) is 9. The van der Waals surface area contributed by atoms with Gasteiger partial charge in [0, 0.05) is 37.0 Å². The lowest BCUT2D eigenvalue weighted by atomic mass is 9.83. The third-order valence-electron chi connectivity index (χ3n) is 5.78. The number of ether oxygens (including phenoxy) is 1. The quantitative estimate of drug-likeness (QED) is 0.320. The maximum Gasteiger partial charge on any atom is 0.271 e. The number of methoxy groups -OCH3 is 1. The summed E-state index contributed by atoms with van der Waals surface area (Å²) in [5.41, 5.74) is -0.741. The van der Waals surface area contributed by atoms with Crippen LogP contribution in [-0.4, -0.2) is 40.1 Å². The molecule has 1 heterocycles. The minimum absolute atomic E-state index is 0.00501. The highest BCUT2D eigenvalue weighted by Crippen LogP contribution is 2.38. The summed E-state index contributed by atoms with van der Waals surface area (Å²) in [6.07, 6.45) is 0.406. The number of nitrogens with zero attached hydrogens (tertiary/aromatic N) is 4. The van der Waals surface area contributed by atoms with Crippen LogP contribution in [0.15, 0.2) is 51.4 Å². The summed E-state index contributed by atoms with van der Waals surface area (Å²) in [7, 11) is 1.50. The van der Waals surface area contributed by atoms with Crippen LogP contribution in [0.1, 0.15) is 49.4 Å². The highest BCUT2D eigenvalue weighted by molar-refractivity contribution is 6.30. The first-order valence-corrected chi connectivity index (χ1v) is 10.6. The summed E-state index contributed by atoms with van der Waals surface area (Å²) in [6, 6.07) is 10.5. The molecule has 0 fully saturated rings. The number of ketones is 2. The third kappa shape index (κ3) is 3.88. The molecule has 1 aliphatic carbocycles. The monoisotopic (exact) mass is 472 g/mol. The number of aromatic nitrogens is 1. The number of pyridine rings is 1. The average Bonchev–Trinajstić information content (AvgIpc) is 2.84. The van der Waals surface area contributed by atoms with Gasteiger partial charge in [-0.3, -0.25) is 19.0 Å². The van der Waals surface area contributed by atoms with E-state index in [0.29, 0.717) is 13.0 Å². The molecule has 0 spiro atoms. The van der Waals surface area contributed by atoms with E-state index in [1.165, 1.54) is 50.4 Å². The molecule has 0 aliphatic heterocycles. The standard InChI is InChI=1S/C25H20N4O6/c1-13-16(12-26)24(33)29(10-5-11-35-2)25(34)21(13)28-27-17-8-3-6-14-19(17)22(31)15-7-4-9-18(30)20(15)23(14)32/h3-4,6-9,30,34H,5,10-11H2,1-2H3/b28-27+. The van der Waals surface area contributed by atoms with Gasteiger partial charge in [0.25, 0.3) is 5.56 Å². The molecular weight excluding hydrogens is 452 g/mol. The number of fused-ring (bicyclic) bond motifs is 2. The molecular formula is C25H20N4O6. The van der Waals surface area contributed by atoms with E-state index in [9.17, 15) is 29.9 Å². The highest BCUT2D eigenvalue weighted by Gasteiger charge is 2.33. The Kier molecular flexibility index (Phi) is 6.27. The molecule has 10 heteroatoms. The number of hydrogen-bond donors (Lipinski definition) is 2. The SMILES string of the molecule is COCCCn1c(O)c(/N=N/c2cccc3c2C(=O)c2cccc(O)c2C3=O)c(C)c(C#N)c1=O. The summed E-state index contributed by atoms with van der Waals surface area (Å²) in [5.74, 6) is -1.81. The van der Waals surface area contributed by atoms with Crippen molar-refractivity contribution in [2.24, 2.45) is 10.2 Å². The van der Waals surface area contributed by atoms with Crippen LogP contribution in [-0.2, 0) is 11.3 Å². The van der Waals surface area contributed by atoms with E-state index in [-0.39, 0.29) is 57.0 Å². The number of carbonyl (C=O) groups excluding carboxylic acids is 2. The van der Waals surface area contributed by atoms with Crippen molar-refractivity contribution in [3.63, 3.8) is 0 Å². The Morgan fingerprint density at radius 2 is 1.66 bits per heavy atom. The van der Waals surface area contributed by atoms with Crippen molar-refractivity contribution >= 4 is 22.9 Å². The molecule has 0 saturated carbocycles. The van der Waals surface area contributed by atoms with Gasteiger partial charge < -0.3 is 14.9 Å². The molecule has 2 N–H and O–H groups in total. The van der Waals surface area contributed by atoms with Crippen LogP contribution in [0.3, 0.4) is 0 Å². The van der Waals surface area contributed by atoms with Gasteiger partial charge in [-0.05, 0) is 25.5 Å². The van der Waals surface area contributed by atoms with Crippen LogP contribution in [0.4, 0.5) is 11.4 Å². The predicted molar refractivity (Wildman–Crippen MR) is 124 cm³/mol. The van der Waals surface area contributed by atoms with Crippen molar-refractivity contribution in [2.75, 3.05) is 13.7 Å². The fraction of sp³-hybridized carbons (Fsp3) is 0.200. The topological polar surface area (TPSA) is 154 Å². The molecule has 0 bridgehead atoms. The first-order valence-electron chi connectivity index (χ1n) is 10.6. The first-order chi connectivity index (χ1) is 16.8. The molecule has 10 nitrogen and oxygen atoms in total. The van der Waals surface area contributed by atoms with Crippen LogP contribution in [0.2, 0.25) is 0 Å². The van der Waals surface area contributed by atoms with Crippen LogP contribution in [0.5, 0.6) is 11.6 Å². The largest absolute Gasteiger partial charge is 0.507 e. The number of benzene rings is 2. The molecule has 0 amide bonds. The average molecular weight is 472 g/mol.